The Kier molecular flexibility index (Phi) is 5.43. The molecule has 1 heterocycles. The third-order valence-corrected chi connectivity index (χ3v) is 4.43. The first-order valence-electron chi connectivity index (χ1n) is 7.82. The van der Waals surface area contributed by atoms with Gasteiger partial charge in [-0.2, -0.15) is 0 Å². The maximum Gasteiger partial charge on any atom is 0.353 e. The summed E-state index contributed by atoms with van der Waals surface area (Å²) in [6.45, 7) is 0.493. The van der Waals surface area contributed by atoms with Crippen molar-refractivity contribution >= 4 is 38.9 Å². The number of nitrogens with one attached hydrogen (secondary N) is 1. The lowest BCUT2D eigenvalue weighted by atomic mass is 10.2. The summed E-state index contributed by atoms with van der Waals surface area (Å²) >= 11 is 3.42. The summed E-state index contributed by atoms with van der Waals surface area (Å²) in [5.74, 6) is 0.398. The molecule has 2 aromatic carbocycles. The number of anilines is 3. The van der Waals surface area contributed by atoms with Gasteiger partial charge in [0.05, 0.1) is 10.6 Å². The summed E-state index contributed by atoms with van der Waals surface area (Å²) in [5.41, 5.74) is 1.55. The van der Waals surface area contributed by atoms with Crippen molar-refractivity contribution in [1.29, 1.82) is 0 Å². The first-order valence-corrected chi connectivity index (χ1v) is 8.61. The van der Waals surface area contributed by atoms with E-state index >= 15 is 0 Å². The third-order valence-electron chi connectivity index (χ3n) is 3.74. The van der Waals surface area contributed by atoms with Crippen LogP contribution < -0.4 is 10.2 Å². The lowest BCUT2D eigenvalue weighted by Crippen LogP contribution is -2.20. The number of benzene rings is 2. The van der Waals surface area contributed by atoms with E-state index in [0.717, 1.165) is 10.0 Å². The van der Waals surface area contributed by atoms with Crippen molar-refractivity contribution in [3.63, 3.8) is 0 Å². The van der Waals surface area contributed by atoms with E-state index in [1.165, 1.54) is 6.33 Å². The molecule has 0 fully saturated rings. The second-order valence-corrected chi connectivity index (χ2v) is 6.45. The van der Waals surface area contributed by atoms with Gasteiger partial charge in [0.1, 0.15) is 6.33 Å². The summed E-state index contributed by atoms with van der Waals surface area (Å²) in [7, 11) is 1.77. The van der Waals surface area contributed by atoms with Gasteiger partial charge in [-0.05, 0) is 33.6 Å². The first kappa shape index (κ1) is 17.8. The number of nitro groups is 1. The molecule has 26 heavy (non-hydrogen) atoms. The monoisotopic (exact) mass is 413 g/mol. The van der Waals surface area contributed by atoms with Crippen molar-refractivity contribution in [2.24, 2.45) is 0 Å². The van der Waals surface area contributed by atoms with E-state index in [2.05, 4.69) is 31.2 Å². The highest BCUT2D eigenvalue weighted by molar-refractivity contribution is 9.10. The number of aromatic nitrogens is 2. The zero-order valence-electron chi connectivity index (χ0n) is 14.0. The average molecular weight is 414 g/mol. The third kappa shape index (κ3) is 3.97. The molecule has 0 saturated carbocycles. The van der Waals surface area contributed by atoms with Gasteiger partial charge in [-0.15, -0.1) is 0 Å². The van der Waals surface area contributed by atoms with Crippen LogP contribution in [0.4, 0.5) is 23.0 Å². The molecule has 3 aromatic rings. The maximum absolute atomic E-state index is 11.7. The summed E-state index contributed by atoms with van der Waals surface area (Å²) in [5, 5.41) is 14.7. The molecular weight excluding hydrogens is 398 g/mol. The Bertz CT molecular complexity index is 920. The minimum atomic E-state index is -0.462. The average Bonchev–Trinajstić information content (AvgIpc) is 2.64. The van der Waals surface area contributed by atoms with Crippen LogP contribution in [-0.2, 0) is 6.54 Å². The fourth-order valence-electron chi connectivity index (χ4n) is 2.53. The lowest BCUT2D eigenvalue weighted by Gasteiger charge is -2.19. The van der Waals surface area contributed by atoms with Crippen LogP contribution in [0.1, 0.15) is 5.56 Å². The second-order valence-electron chi connectivity index (χ2n) is 5.60. The molecular formula is C18H16BrN5O2. The van der Waals surface area contributed by atoms with Crippen LogP contribution >= 0.6 is 15.9 Å². The van der Waals surface area contributed by atoms with E-state index in [-0.39, 0.29) is 17.3 Å². The van der Waals surface area contributed by atoms with Crippen molar-refractivity contribution in [2.75, 3.05) is 17.3 Å². The van der Waals surface area contributed by atoms with E-state index < -0.39 is 4.92 Å². The molecule has 7 nitrogen and oxygen atoms in total. The van der Waals surface area contributed by atoms with Crippen LogP contribution in [0, 0.1) is 10.1 Å². The van der Waals surface area contributed by atoms with Gasteiger partial charge in [0.15, 0.2) is 0 Å². The Morgan fingerprint density at radius 1 is 1.12 bits per heavy atom. The van der Waals surface area contributed by atoms with Gasteiger partial charge in [0, 0.05) is 18.1 Å². The molecule has 1 N–H and O–H groups in total. The molecule has 0 saturated heterocycles. The van der Waals surface area contributed by atoms with Crippen molar-refractivity contribution in [3.05, 3.63) is 81.1 Å². The SMILES string of the molecule is CN(Cc1ccccc1)c1ncnc(Nc2ccccc2Br)c1[N+](=O)[O-]. The van der Waals surface area contributed by atoms with Crippen LogP contribution in [0.2, 0.25) is 0 Å². The Morgan fingerprint density at radius 2 is 1.81 bits per heavy atom. The van der Waals surface area contributed by atoms with E-state index in [0.29, 0.717) is 12.2 Å². The van der Waals surface area contributed by atoms with Gasteiger partial charge in [-0.1, -0.05) is 42.5 Å². The normalized spacial score (nSPS) is 10.4. The van der Waals surface area contributed by atoms with E-state index in [1.807, 2.05) is 54.6 Å². The molecule has 0 bridgehead atoms. The minimum absolute atomic E-state index is 0.145. The summed E-state index contributed by atoms with van der Waals surface area (Å²) < 4.78 is 0.784. The predicted octanol–water partition coefficient (Wildman–Crippen LogP) is 4.53. The summed E-state index contributed by atoms with van der Waals surface area (Å²) in [4.78, 5) is 21.2. The van der Waals surface area contributed by atoms with Crippen LogP contribution in [-0.4, -0.2) is 21.9 Å². The Morgan fingerprint density at radius 3 is 2.50 bits per heavy atom. The molecule has 0 aliphatic heterocycles. The molecule has 0 radical (unpaired) electrons. The van der Waals surface area contributed by atoms with Gasteiger partial charge in [0.25, 0.3) is 0 Å². The molecule has 0 aliphatic carbocycles. The molecule has 0 atom stereocenters. The van der Waals surface area contributed by atoms with Crippen LogP contribution in [0.15, 0.2) is 65.4 Å². The van der Waals surface area contributed by atoms with Crippen LogP contribution in [0.25, 0.3) is 0 Å². The Balaban J connectivity index is 1.96. The number of para-hydroxylation sites is 1. The second kappa shape index (κ2) is 7.92. The lowest BCUT2D eigenvalue weighted by molar-refractivity contribution is -0.383. The minimum Gasteiger partial charge on any atom is -0.349 e. The maximum atomic E-state index is 11.7. The topological polar surface area (TPSA) is 84.2 Å². The number of rotatable bonds is 6. The molecule has 0 spiro atoms. The van der Waals surface area contributed by atoms with Crippen molar-refractivity contribution < 1.29 is 4.92 Å². The largest absolute Gasteiger partial charge is 0.353 e. The molecule has 0 amide bonds. The fraction of sp³-hybridized carbons (Fsp3) is 0.111. The molecule has 0 aliphatic rings. The highest BCUT2D eigenvalue weighted by Gasteiger charge is 2.26. The van der Waals surface area contributed by atoms with E-state index in [1.54, 1.807) is 11.9 Å². The Labute approximate surface area is 159 Å². The van der Waals surface area contributed by atoms with Gasteiger partial charge in [-0.25, -0.2) is 9.97 Å². The smallest absolute Gasteiger partial charge is 0.349 e. The number of hydrogen-bond donors (Lipinski definition) is 1. The van der Waals surface area contributed by atoms with E-state index in [9.17, 15) is 10.1 Å². The van der Waals surface area contributed by atoms with Gasteiger partial charge >= 0.3 is 5.69 Å². The molecule has 1 aromatic heterocycles. The highest BCUT2D eigenvalue weighted by atomic mass is 79.9. The molecule has 132 valence electrons. The molecule has 3 rings (SSSR count). The van der Waals surface area contributed by atoms with E-state index in [4.69, 9.17) is 0 Å². The number of nitrogens with zero attached hydrogens (tertiary/aromatic N) is 4. The van der Waals surface area contributed by atoms with Crippen molar-refractivity contribution in [3.8, 4) is 0 Å². The van der Waals surface area contributed by atoms with Crippen molar-refractivity contribution in [2.45, 2.75) is 6.54 Å². The van der Waals surface area contributed by atoms with Crippen LogP contribution in [0.3, 0.4) is 0 Å². The summed E-state index contributed by atoms with van der Waals surface area (Å²) in [6, 6.07) is 17.1. The number of halogens is 1. The van der Waals surface area contributed by atoms with Crippen molar-refractivity contribution in [1.82, 2.24) is 9.97 Å². The zero-order chi connectivity index (χ0) is 18.5. The molecule has 8 heteroatoms. The first-order chi connectivity index (χ1) is 12.6. The predicted molar refractivity (Wildman–Crippen MR) is 105 cm³/mol. The van der Waals surface area contributed by atoms with Gasteiger partial charge in [0.2, 0.25) is 11.6 Å². The van der Waals surface area contributed by atoms with Crippen LogP contribution in [0.5, 0.6) is 0 Å². The zero-order valence-corrected chi connectivity index (χ0v) is 15.5. The Hall–Kier alpha value is -3.00. The quantitative estimate of drug-likeness (QED) is 0.472. The van der Waals surface area contributed by atoms with Gasteiger partial charge < -0.3 is 10.2 Å². The highest BCUT2D eigenvalue weighted by Crippen LogP contribution is 2.35. The molecule has 0 unspecified atom stereocenters. The number of hydrogen-bond acceptors (Lipinski definition) is 6. The standard InChI is InChI=1S/C18H16BrN5O2/c1-23(11-13-7-3-2-4-8-13)18-16(24(25)26)17(20-12-21-18)22-15-10-6-5-9-14(15)19/h2-10,12H,11H2,1H3,(H,20,21,22). The van der Waals surface area contributed by atoms with Gasteiger partial charge in [-0.3, -0.25) is 10.1 Å². The fourth-order valence-corrected chi connectivity index (χ4v) is 2.91. The summed E-state index contributed by atoms with van der Waals surface area (Å²) in [6.07, 6.45) is 1.32.